The average Bonchev–Trinajstić information content (AvgIpc) is 2.33. The van der Waals surface area contributed by atoms with Crippen LogP contribution >= 0.6 is 0 Å². The molecule has 5 nitrogen and oxygen atoms in total. The van der Waals surface area contributed by atoms with E-state index in [1.54, 1.807) is 0 Å². The third-order valence-electron chi connectivity index (χ3n) is 3.16. The quantitative estimate of drug-likeness (QED) is 0.488. The number of esters is 1. The van der Waals surface area contributed by atoms with Crippen molar-refractivity contribution in [1.29, 1.82) is 0 Å². The number of alkyl halides is 4. The number of hydrogen-bond acceptors (Lipinski definition) is 4. The van der Waals surface area contributed by atoms with Gasteiger partial charge in [-0.1, -0.05) is 19.3 Å². The van der Waals surface area contributed by atoms with E-state index >= 15 is 0 Å². The van der Waals surface area contributed by atoms with Gasteiger partial charge in [0.25, 0.3) is 0 Å². The van der Waals surface area contributed by atoms with Crippen molar-refractivity contribution in [1.82, 2.24) is 0 Å². The molecule has 0 aromatic heterocycles. The molecule has 1 fully saturated rings. The lowest BCUT2D eigenvalue weighted by Gasteiger charge is -2.25. The van der Waals surface area contributed by atoms with E-state index in [9.17, 15) is 30.8 Å². The van der Waals surface area contributed by atoms with Crippen LogP contribution in [-0.2, 0) is 19.6 Å². The van der Waals surface area contributed by atoms with Crippen LogP contribution in [0.1, 0.15) is 32.1 Å². The highest BCUT2D eigenvalue weighted by Crippen LogP contribution is 2.39. The second-order valence-corrected chi connectivity index (χ2v) is 6.18. The summed E-state index contributed by atoms with van der Waals surface area (Å²) in [4.78, 5) is 11.1. The molecule has 0 aromatic carbocycles. The minimum absolute atomic E-state index is 0.230. The number of hydrogen-bond donors (Lipinski definition) is 1. The molecule has 1 unspecified atom stereocenters. The number of ether oxygens (including phenoxy) is 1. The molecule has 0 radical (unpaired) electrons. The third kappa shape index (κ3) is 3.40. The first-order valence-corrected chi connectivity index (χ1v) is 7.34. The molecule has 1 saturated carbocycles. The van der Waals surface area contributed by atoms with E-state index in [2.05, 4.69) is 4.74 Å². The zero-order chi connectivity index (χ0) is 15.6. The van der Waals surface area contributed by atoms with Crippen LogP contribution in [0, 0.1) is 5.92 Å². The Morgan fingerprint density at radius 3 is 2.05 bits per heavy atom. The summed E-state index contributed by atoms with van der Waals surface area (Å²) in [5.74, 6) is -2.88. The lowest BCUT2D eigenvalue weighted by molar-refractivity contribution is -0.215. The van der Waals surface area contributed by atoms with Gasteiger partial charge in [-0.3, -0.25) is 4.55 Å². The van der Waals surface area contributed by atoms with Gasteiger partial charge in [-0.2, -0.15) is 21.6 Å². The molecule has 1 N–H and O–H groups in total. The number of halogens is 4. The molecule has 1 rings (SSSR count). The summed E-state index contributed by atoms with van der Waals surface area (Å²) < 4.78 is 84.3. The maximum absolute atomic E-state index is 13.5. The fraction of sp³-hybridized carbons (Fsp3) is 0.900. The van der Waals surface area contributed by atoms with Gasteiger partial charge in [0.1, 0.15) is 0 Å². The maximum atomic E-state index is 13.5. The minimum Gasteiger partial charge on any atom is -0.462 e. The van der Waals surface area contributed by atoms with Gasteiger partial charge in [-0.25, -0.2) is 9.18 Å². The van der Waals surface area contributed by atoms with Crippen LogP contribution in [0.15, 0.2) is 0 Å². The first-order valence-electron chi connectivity index (χ1n) is 5.90. The second-order valence-electron chi connectivity index (χ2n) is 4.67. The Morgan fingerprint density at radius 1 is 1.15 bits per heavy atom. The van der Waals surface area contributed by atoms with Crippen molar-refractivity contribution in [2.24, 2.45) is 5.92 Å². The molecule has 0 saturated heterocycles. The van der Waals surface area contributed by atoms with Crippen LogP contribution in [0.5, 0.6) is 0 Å². The maximum Gasteiger partial charge on any atom is 0.451 e. The summed E-state index contributed by atoms with van der Waals surface area (Å²) in [5, 5.41) is -5.45. The second kappa shape index (κ2) is 5.84. The van der Waals surface area contributed by atoms with Crippen LogP contribution in [0.3, 0.4) is 0 Å². The molecule has 1 aliphatic carbocycles. The number of rotatable bonds is 4. The van der Waals surface area contributed by atoms with Gasteiger partial charge in [-0.05, 0) is 18.8 Å². The van der Waals surface area contributed by atoms with Crippen LogP contribution < -0.4 is 0 Å². The Bertz CT molecular complexity index is 455. The van der Waals surface area contributed by atoms with Gasteiger partial charge in [0.15, 0.2) is 0 Å². The van der Waals surface area contributed by atoms with Crippen LogP contribution in [0.4, 0.5) is 17.6 Å². The summed E-state index contributed by atoms with van der Waals surface area (Å²) in [7, 11) is -6.34. The molecule has 20 heavy (non-hydrogen) atoms. The van der Waals surface area contributed by atoms with Gasteiger partial charge < -0.3 is 4.74 Å². The SMILES string of the molecule is O=C(OCC1CCCCC1)C(F)(C(F)(F)F)S(=O)(=O)O. The van der Waals surface area contributed by atoms with Crippen LogP contribution in [-0.4, -0.2) is 36.7 Å². The van der Waals surface area contributed by atoms with Gasteiger partial charge in [0.2, 0.25) is 0 Å². The Morgan fingerprint density at radius 2 is 1.65 bits per heavy atom. The molecular formula is C10H14F4O5S. The summed E-state index contributed by atoms with van der Waals surface area (Å²) in [6.07, 6.45) is -2.36. The topological polar surface area (TPSA) is 80.7 Å². The zero-order valence-corrected chi connectivity index (χ0v) is 11.1. The predicted octanol–water partition coefficient (Wildman–Crippen LogP) is 2.23. The minimum atomic E-state index is -6.34. The molecule has 0 amide bonds. The first kappa shape index (κ1) is 17.2. The van der Waals surface area contributed by atoms with E-state index in [4.69, 9.17) is 4.55 Å². The van der Waals surface area contributed by atoms with E-state index in [1.165, 1.54) is 0 Å². The van der Waals surface area contributed by atoms with Crippen molar-refractivity contribution >= 4 is 16.1 Å². The Hall–Kier alpha value is -0.900. The summed E-state index contributed by atoms with van der Waals surface area (Å²) in [5.41, 5.74) is 0. The first-order chi connectivity index (χ1) is 9.00. The van der Waals surface area contributed by atoms with Crippen molar-refractivity contribution < 1.29 is 40.1 Å². The highest BCUT2D eigenvalue weighted by Gasteiger charge is 2.72. The largest absolute Gasteiger partial charge is 0.462 e. The van der Waals surface area contributed by atoms with Crippen LogP contribution in [0.25, 0.3) is 0 Å². The molecule has 1 aliphatic rings. The van der Waals surface area contributed by atoms with Crippen molar-refractivity contribution in [3.63, 3.8) is 0 Å². The fourth-order valence-corrected chi connectivity index (χ4v) is 2.57. The van der Waals surface area contributed by atoms with Gasteiger partial charge >= 0.3 is 27.3 Å². The van der Waals surface area contributed by atoms with E-state index in [0.717, 1.165) is 19.3 Å². The predicted molar refractivity (Wildman–Crippen MR) is 59.0 cm³/mol. The van der Waals surface area contributed by atoms with Gasteiger partial charge in [-0.15, -0.1) is 0 Å². The number of carbonyl (C=O) groups is 1. The molecule has 118 valence electrons. The van der Waals surface area contributed by atoms with Crippen molar-refractivity contribution in [3.8, 4) is 0 Å². The highest BCUT2D eigenvalue weighted by molar-refractivity contribution is 7.88. The van der Waals surface area contributed by atoms with Crippen LogP contribution in [0.2, 0.25) is 0 Å². The molecule has 0 bridgehead atoms. The summed E-state index contributed by atoms with van der Waals surface area (Å²) in [6.45, 7) is -0.504. The molecule has 10 heteroatoms. The summed E-state index contributed by atoms with van der Waals surface area (Å²) in [6, 6.07) is 0. The molecule has 0 aliphatic heterocycles. The van der Waals surface area contributed by atoms with E-state index in [-0.39, 0.29) is 5.92 Å². The Balaban J connectivity index is 2.80. The van der Waals surface area contributed by atoms with Gasteiger partial charge in [0, 0.05) is 0 Å². The lowest BCUT2D eigenvalue weighted by Crippen LogP contribution is -2.55. The number of carbonyl (C=O) groups excluding carboxylic acids is 1. The molecule has 0 spiro atoms. The van der Waals surface area contributed by atoms with E-state index in [0.29, 0.717) is 12.8 Å². The van der Waals surface area contributed by atoms with Crippen molar-refractivity contribution in [2.75, 3.05) is 6.61 Å². The molecule has 0 heterocycles. The average molecular weight is 322 g/mol. The standard InChI is InChI=1S/C10H14F4O5S/c11-9(10(12,13)14,20(16,17)18)8(15)19-6-7-4-2-1-3-5-7/h7H,1-6H2,(H,16,17,18). The Labute approximate surface area is 113 Å². The molecular weight excluding hydrogens is 308 g/mol. The molecule has 0 aromatic rings. The van der Waals surface area contributed by atoms with Gasteiger partial charge in [0.05, 0.1) is 6.61 Å². The summed E-state index contributed by atoms with van der Waals surface area (Å²) >= 11 is 0. The smallest absolute Gasteiger partial charge is 0.451 e. The molecule has 1 atom stereocenters. The normalized spacial score (nSPS) is 21.2. The van der Waals surface area contributed by atoms with E-state index < -0.39 is 33.9 Å². The zero-order valence-electron chi connectivity index (χ0n) is 10.3. The van der Waals surface area contributed by atoms with E-state index in [1.807, 2.05) is 0 Å². The third-order valence-corrected chi connectivity index (χ3v) is 4.27. The fourth-order valence-electron chi connectivity index (χ4n) is 2.01. The Kier molecular flexibility index (Phi) is 5.01. The highest BCUT2D eigenvalue weighted by atomic mass is 32.2. The van der Waals surface area contributed by atoms with Crippen molar-refractivity contribution in [2.45, 2.75) is 43.3 Å². The van der Waals surface area contributed by atoms with Crippen molar-refractivity contribution in [3.05, 3.63) is 0 Å². The monoisotopic (exact) mass is 322 g/mol. The lowest BCUT2D eigenvalue weighted by atomic mass is 9.90.